The number of rotatable bonds is 7. The molecule has 4 rings (SSSR count). The highest BCUT2D eigenvalue weighted by molar-refractivity contribution is 6.51. The fraction of sp³-hybridized carbons (Fsp3) is 0.214. The molecule has 0 bridgehead atoms. The molecular formula is C28H27NO5. The first-order valence-corrected chi connectivity index (χ1v) is 11.3. The molecule has 174 valence electrons. The second kappa shape index (κ2) is 9.83. The van der Waals surface area contributed by atoms with E-state index in [4.69, 9.17) is 9.47 Å². The highest BCUT2D eigenvalue weighted by Crippen LogP contribution is 2.44. The van der Waals surface area contributed by atoms with Crippen molar-refractivity contribution in [3.05, 3.63) is 95.1 Å². The molecule has 1 saturated heterocycles. The standard InChI is InChI=1S/C28H27NO5/c1-4-18-10-14-20(15-11-18)29-25(22-8-6-7-9-23(22)33-3)24(27(31)28(29)32)26(30)19-12-16-21(17-13-19)34-5-2/h6-17,25,30H,4-5H2,1-3H3/b26-24-. The summed E-state index contributed by atoms with van der Waals surface area (Å²) in [6.45, 7) is 4.45. The molecule has 34 heavy (non-hydrogen) atoms. The van der Waals surface area contributed by atoms with Gasteiger partial charge in [-0.3, -0.25) is 14.5 Å². The number of anilines is 1. The van der Waals surface area contributed by atoms with Gasteiger partial charge in [0.05, 0.1) is 25.3 Å². The number of amides is 1. The largest absolute Gasteiger partial charge is 0.507 e. The maximum absolute atomic E-state index is 13.3. The number of benzene rings is 3. The van der Waals surface area contributed by atoms with Gasteiger partial charge < -0.3 is 14.6 Å². The van der Waals surface area contributed by atoms with Crippen LogP contribution in [0.5, 0.6) is 11.5 Å². The van der Waals surface area contributed by atoms with Crippen molar-refractivity contribution in [1.29, 1.82) is 0 Å². The predicted octanol–water partition coefficient (Wildman–Crippen LogP) is 5.28. The number of methoxy groups -OCH3 is 1. The molecule has 1 heterocycles. The van der Waals surface area contributed by atoms with E-state index in [0.717, 1.165) is 12.0 Å². The van der Waals surface area contributed by atoms with Crippen LogP contribution in [0, 0.1) is 0 Å². The van der Waals surface area contributed by atoms with Crippen LogP contribution in [0.4, 0.5) is 5.69 Å². The lowest BCUT2D eigenvalue weighted by Crippen LogP contribution is -2.29. The normalized spacial score (nSPS) is 17.1. The first kappa shape index (κ1) is 23.1. The van der Waals surface area contributed by atoms with Crippen LogP contribution in [-0.4, -0.2) is 30.5 Å². The topological polar surface area (TPSA) is 76.1 Å². The van der Waals surface area contributed by atoms with E-state index in [9.17, 15) is 14.7 Å². The smallest absolute Gasteiger partial charge is 0.300 e. The summed E-state index contributed by atoms with van der Waals surface area (Å²) in [6.07, 6.45) is 0.854. The number of ether oxygens (including phenoxy) is 2. The van der Waals surface area contributed by atoms with Crippen LogP contribution in [0.15, 0.2) is 78.4 Å². The molecule has 3 aromatic rings. The Labute approximate surface area is 199 Å². The molecule has 0 radical (unpaired) electrons. The van der Waals surface area contributed by atoms with Gasteiger partial charge in [0.1, 0.15) is 17.3 Å². The van der Waals surface area contributed by atoms with Crippen LogP contribution in [-0.2, 0) is 16.0 Å². The van der Waals surface area contributed by atoms with Gasteiger partial charge >= 0.3 is 0 Å². The Balaban J connectivity index is 1.91. The lowest BCUT2D eigenvalue weighted by molar-refractivity contribution is -0.132. The van der Waals surface area contributed by atoms with Gasteiger partial charge in [0.25, 0.3) is 11.7 Å². The molecule has 3 aromatic carbocycles. The number of aryl methyl sites for hydroxylation is 1. The second-order valence-electron chi connectivity index (χ2n) is 7.89. The molecule has 0 aliphatic carbocycles. The van der Waals surface area contributed by atoms with E-state index in [1.165, 1.54) is 12.0 Å². The Bertz CT molecular complexity index is 1230. The summed E-state index contributed by atoms with van der Waals surface area (Å²) >= 11 is 0. The zero-order valence-corrected chi connectivity index (χ0v) is 19.4. The van der Waals surface area contributed by atoms with Crippen molar-refractivity contribution < 1.29 is 24.2 Å². The van der Waals surface area contributed by atoms with E-state index in [0.29, 0.717) is 34.9 Å². The van der Waals surface area contributed by atoms with Crippen molar-refractivity contribution >= 4 is 23.1 Å². The number of aliphatic hydroxyl groups excluding tert-OH is 1. The number of carbonyl (C=O) groups excluding carboxylic acids is 2. The fourth-order valence-electron chi connectivity index (χ4n) is 4.21. The lowest BCUT2D eigenvalue weighted by Gasteiger charge is -2.26. The van der Waals surface area contributed by atoms with E-state index < -0.39 is 17.7 Å². The average Bonchev–Trinajstić information content (AvgIpc) is 3.14. The molecule has 6 heteroatoms. The third-order valence-electron chi connectivity index (χ3n) is 5.94. The molecular weight excluding hydrogens is 430 g/mol. The van der Waals surface area contributed by atoms with Crippen molar-refractivity contribution in [1.82, 2.24) is 0 Å². The second-order valence-corrected chi connectivity index (χ2v) is 7.89. The maximum Gasteiger partial charge on any atom is 0.300 e. The summed E-state index contributed by atoms with van der Waals surface area (Å²) in [7, 11) is 1.54. The zero-order valence-electron chi connectivity index (χ0n) is 19.4. The van der Waals surface area contributed by atoms with Crippen LogP contribution in [0.25, 0.3) is 5.76 Å². The third kappa shape index (κ3) is 4.15. The molecule has 1 aliphatic rings. The first-order valence-electron chi connectivity index (χ1n) is 11.3. The van der Waals surface area contributed by atoms with Crippen LogP contribution in [0.3, 0.4) is 0 Å². The summed E-state index contributed by atoms with van der Waals surface area (Å²) in [5, 5.41) is 11.3. The van der Waals surface area contributed by atoms with Crippen LogP contribution in [0.2, 0.25) is 0 Å². The molecule has 6 nitrogen and oxygen atoms in total. The first-order chi connectivity index (χ1) is 16.5. The highest BCUT2D eigenvalue weighted by Gasteiger charge is 2.47. The molecule has 1 N–H and O–H groups in total. The quantitative estimate of drug-likeness (QED) is 0.297. The zero-order chi connectivity index (χ0) is 24.2. The number of ketones is 1. The van der Waals surface area contributed by atoms with Gasteiger partial charge in [-0.05, 0) is 61.4 Å². The molecule has 1 aliphatic heterocycles. The Morgan fingerprint density at radius 1 is 0.941 bits per heavy atom. The highest BCUT2D eigenvalue weighted by atomic mass is 16.5. The summed E-state index contributed by atoms with van der Waals surface area (Å²) in [5.41, 5.74) is 2.72. The number of carbonyl (C=O) groups is 2. The van der Waals surface area contributed by atoms with Gasteiger partial charge in [0.15, 0.2) is 0 Å². The minimum absolute atomic E-state index is 0.0122. The Hall–Kier alpha value is -4.06. The van der Waals surface area contributed by atoms with Crippen LogP contribution >= 0.6 is 0 Å². The molecule has 1 fully saturated rings. The predicted molar refractivity (Wildman–Crippen MR) is 131 cm³/mol. The van der Waals surface area contributed by atoms with Crippen molar-refractivity contribution in [3.8, 4) is 11.5 Å². The summed E-state index contributed by atoms with van der Waals surface area (Å²) < 4.78 is 11.0. The van der Waals surface area contributed by atoms with Gasteiger partial charge in [0.2, 0.25) is 0 Å². The Morgan fingerprint density at radius 2 is 1.62 bits per heavy atom. The molecule has 0 saturated carbocycles. The number of nitrogens with zero attached hydrogens (tertiary/aromatic N) is 1. The van der Waals surface area contributed by atoms with Gasteiger partial charge in [-0.15, -0.1) is 0 Å². The Kier molecular flexibility index (Phi) is 6.68. The van der Waals surface area contributed by atoms with Crippen molar-refractivity contribution in [2.24, 2.45) is 0 Å². The van der Waals surface area contributed by atoms with Gasteiger partial charge in [-0.2, -0.15) is 0 Å². The monoisotopic (exact) mass is 457 g/mol. The number of Topliss-reactive ketones (excluding diaryl/α,β-unsaturated/α-hetero) is 1. The molecule has 1 amide bonds. The van der Waals surface area contributed by atoms with Crippen molar-refractivity contribution in [2.75, 3.05) is 18.6 Å². The number of hydrogen-bond acceptors (Lipinski definition) is 5. The summed E-state index contributed by atoms with van der Waals surface area (Å²) in [4.78, 5) is 28.0. The number of aliphatic hydroxyl groups is 1. The minimum Gasteiger partial charge on any atom is -0.507 e. The van der Waals surface area contributed by atoms with Crippen LogP contribution in [0.1, 0.15) is 36.6 Å². The van der Waals surface area contributed by atoms with Crippen molar-refractivity contribution in [3.63, 3.8) is 0 Å². The van der Waals surface area contributed by atoms with Crippen molar-refractivity contribution in [2.45, 2.75) is 26.3 Å². The van der Waals surface area contributed by atoms with Crippen LogP contribution < -0.4 is 14.4 Å². The molecule has 0 spiro atoms. The fourth-order valence-corrected chi connectivity index (χ4v) is 4.21. The van der Waals surface area contributed by atoms with E-state index >= 15 is 0 Å². The Morgan fingerprint density at radius 3 is 2.24 bits per heavy atom. The SMILES string of the molecule is CCOc1ccc(/C(O)=C2/C(=O)C(=O)N(c3ccc(CC)cc3)C2c2ccccc2OC)cc1. The molecule has 0 aromatic heterocycles. The van der Waals surface area contributed by atoms with Gasteiger partial charge in [-0.1, -0.05) is 37.3 Å². The van der Waals surface area contributed by atoms with Gasteiger partial charge in [0, 0.05) is 16.8 Å². The molecule has 1 atom stereocenters. The van der Waals surface area contributed by atoms with Gasteiger partial charge in [-0.25, -0.2) is 0 Å². The average molecular weight is 458 g/mol. The third-order valence-corrected chi connectivity index (χ3v) is 5.94. The lowest BCUT2D eigenvalue weighted by atomic mass is 9.94. The summed E-state index contributed by atoms with van der Waals surface area (Å²) in [5.74, 6) is -0.529. The minimum atomic E-state index is -0.852. The van der Waals surface area contributed by atoms with E-state index in [1.54, 1.807) is 36.4 Å². The number of para-hydroxylation sites is 1. The molecule has 1 unspecified atom stereocenters. The van der Waals surface area contributed by atoms with E-state index in [1.807, 2.05) is 50.2 Å². The summed E-state index contributed by atoms with van der Waals surface area (Å²) in [6, 6.07) is 20.6. The van der Waals surface area contributed by atoms with E-state index in [-0.39, 0.29) is 11.3 Å². The van der Waals surface area contributed by atoms with E-state index in [2.05, 4.69) is 0 Å². The number of hydrogen-bond donors (Lipinski definition) is 1. The maximum atomic E-state index is 13.3.